The van der Waals surface area contributed by atoms with E-state index in [1.807, 2.05) is 34.6 Å². The van der Waals surface area contributed by atoms with Gasteiger partial charge in [0.15, 0.2) is 0 Å². The molecule has 0 saturated carbocycles. The Kier molecular flexibility index (Phi) is 26.2. The number of methoxy groups -OCH3 is 1. The quantitative estimate of drug-likeness (QED) is 0.570. The second-order valence-corrected chi connectivity index (χ2v) is 2.84. The van der Waals surface area contributed by atoms with Gasteiger partial charge in [-0.2, -0.15) is 0 Å². The first-order chi connectivity index (χ1) is 7.18. The van der Waals surface area contributed by atoms with Gasteiger partial charge in [-0.3, -0.25) is 0 Å². The Hall–Kier alpha value is -0.190. The fourth-order valence-corrected chi connectivity index (χ4v) is 0.553. The zero-order valence-electron chi connectivity index (χ0n) is 11.0. The Labute approximate surface area is 100 Å². The summed E-state index contributed by atoms with van der Waals surface area (Å²) in [6.07, 6.45) is 0. The lowest BCUT2D eigenvalue weighted by Crippen LogP contribution is -2.23. The first kappa shape index (κ1) is 20.3. The first-order valence-electron chi connectivity index (χ1n) is 5.54. The molecule has 0 aliphatic rings. The molecule has 94 valence electrons. The van der Waals surface area contributed by atoms with Crippen LogP contribution >= 0.6 is 12.2 Å². The van der Waals surface area contributed by atoms with Gasteiger partial charge in [0.05, 0.1) is 24.8 Å². The molecular weight excluding hydrogens is 210 g/mol. The second kappa shape index (κ2) is 19.4. The molecule has 0 radical (unpaired) electrons. The van der Waals surface area contributed by atoms with E-state index in [9.17, 15) is 0 Å². The van der Waals surface area contributed by atoms with Crippen molar-refractivity contribution in [3.63, 3.8) is 0 Å². The molecule has 0 aromatic heterocycles. The zero-order chi connectivity index (χ0) is 12.7. The molecule has 0 saturated heterocycles. The molecule has 0 aliphatic heterocycles. The van der Waals surface area contributed by atoms with Crippen LogP contribution in [-0.2, 0) is 9.47 Å². The standard InChI is InChI=1S/C7H15NO2S.2C2H6/c1-6(7(8)11)5-10-4-3-9-2;2*1-2/h6H,3-5H2,1-2H3,(H2,8,11);2*1-2H3. The van der Waals surface area contributed by atoms with Crippen LogP contribution in [0.2, 0.25) is 0 Å². The molecule has 4 heteroatoms. The smallest absolute Gasteiger partial charge is 0.0779 e. The summed E-state index contributed by atoms with van der Waals surface area (Å²) in [5.74, 6) is 0.154. The van der Waals surface area contributed by atoms with Crippen molar-refractivity contribution in [2.24, 2.45) is 11.7 Å². The summed E-state index contributed by atoms with van der Waals surface area (Å²) in [5.41, 5.74) is 5.37. The van der Waals surface area contributed by atoms with Gasteiger partial charge >= 0.3 is 0 Å². The predicted octanol–water partition coefficient (Wildman–Crippen LogP) is 2.62. The number of rotatable bonds is 6. The van der Waals surface area contributed by atoms with Gasteiger partial charge in [0.25, 0.3) is 0 Å². The number of nitrogens with two attached hydrogens (primary N) is 1. The lowest BCUT2D eigenvalue weighted by Gasteiger charge is -2.09. The Morgan fingerprint density at radius 2 is 1.67 bits per heavy atom. The Morgan fingerprint density at radius 3 is 2.00 bits per heavy atom. The summed E-state index contributed by atoms with van der Waals surface area (Å²) in [4.78, 5) is 0.502. The average molecular weight is 237 g/mol. The highest BCUT2D eigenvalue weighted by Gasteiger charge is 2.03. The lowest BCUT2D eigenvalue weighted by molar-refractivity contribution is 0.0636. The molecule has 0 bridgehead atoms. The fraction of sp³-hybridized carbons (Fsp3) is 0.909. The molecule has 0 amide bonds. The van der Waals surface area contributed by atoms with Crippen LogP contribution in [0.4, 0.5) is 0 Å². The van der Waals surface area contributed by atoms with Crippen LogP contribution in [-0.4, -0.2) is 31.9 Å². The largest absolute Gasteiger partial charge is 0.393 e. The molecule has 0 spiro atoms. The van der Waals surface area contributed by atoms with Gasteiger partial charge in [-0.1, -0.05) is 46.8 Å². The van der Waals surface area contributed by atoms with E-state index >= 15 is 0 Å². The topological polar surface area (TPSA) is 44.5 Å². The van der Waals surface area contributed by atoms with Crippen LogP contribution in [0.5, 0.6) is 0 Å². The predicted molar refractivity (Wildman–Crippen MR) is 71.3 cm³/mol. The van der Waals surface area contributed by atoms with E-state index in [4.69, 9.17) is 27.4 Å². The molecule has 1 unspecified atom stereocenters. The van der Waals surface area contributed by atoms with Crippen molar-refractivity contribution in [1.82, 2.24) is 0 Å². The number of thiocarbonyl (C=S) groups is 1. The Balaban J connectivity index is -0.000000318. The van der Waals surface area contributed by atoms with E-state index in [0.29, 0.717) is 24.8 Å². The maximum atomic E-state index is 5.37. The SMILES string of the molecule is CC.CC.COCCOCC(C)C(N)=S. The highest BCUT2D eigenvalue weighted by Crippen LogP contribution is 1.95. The fourth-order valence-electron chi connectivity index (χ4n) is 0.485. The van der Waals surface area contributed by atoms with Gasteiger partial charge in [0, 0.05) is 13.0 Å². The minimum atomic E-state index is 0.154. The second-order valence-electron chi connectivity index (χ2n) is 2.37. The maximum absolute atomic E-state index is 5.37. The van der Waals surface area contributed by atoms with Gasteiger partial charge in [-0.25, -0.2) is 0 Å². The number of hydrogen-bond acceptors (Lipinski definition) is 3. The Bertz CT molecular complexity index is 121. The van der Waals surface area contributed by atoms with Crippen molar-refractivity contribution in [2.45, 2.75) is 34.6 Å². The van der Waals surface area contributed by atoms with Crippen LogP contribution in [0.15, 0.2) is 0 Å². The molecule has 0 fully saturated rings. The molecule has 15 heavy (non-hydrogen) atoms. The summed E-state index contributed by atoms with van der Waals surface area (Å²) >= 11 is 4.76. The van der Waals surface area contributed by atoms with Crippen LogP contribution in [0, 0.1) is 5.92 Å². The lowest BCUT2D eigenvalue weighted by atomic mass is 10.2. The van der Waals surface area contributed by atoms with Crippen molar-refractivity contribution < 1.29 is 9.47 Å². The van der Waals surface area contributed by atoms with Crippen LogP contribution in [0.25, 0.3) is 0 Å². The van der Waals surface area contributed by atoms with Gasteiger partial charge in [0.1, 0.15) is 0 Å². The van der Waals surface area contributed by atoms with Crippen LogP contribution in [0.3, 0.4) is 0 Å². The molecule has 2 N–H and O–H groups in total. The van der Waals surface area contributed by atoms with Gasteiger partial charge in [-0.15, -0.1) is 0 Å². The van der Waals surface area contributed by atoms with Gasteiger partial charge in [-0.05, 0) is 0 Å². The van der Waals surface area contributed by atoms with Gasteiger partial charge < -0.3 is 15.2 Å². The molecule has 0 aromatic rings. The molecule has 1 atom stereocenters. The maximum Gasteiger partial charge on any atom is 0.0779 e. The van der Waals surface area contributed by atoms with Crippen molar-refractivity contribution in [3.05, 3.63) is 0 Å². The Morgan fingerprint density at radius 1 is 1.20 bits per heavy atom. The van der Waals surface area contributed by atoms with E-state index in [1.165, 1.54) is 0 Å². The van der Waals surface area contributed by atoms with Crippen molar-refractivity contribution in [2.75, 3.05) is 26.9 Å². The van der Waals surface area contributed by atoms with Gasteiger partial charge in [0.2, 0.25) is 0 Å². The molecular formula is C11H27NO2S. The monoisotopic (exact) mass is 237 g/mol. The number of ether oxygens (including phenoxy) is 2. The van der Waals surface area contributed by atoms with Crippen LogP contribution < -0.4 is 5.73 Å². The minimum Gasteiger partial charge on any atom is -0.393 e. The summed E-state index contributed by atoms with van der Waals surface area (Å²) in [6, 6.07) is 0. The third kappa shape index (κ3) is 20.0. The van der Waals surface area contributed by atoms with E-state index in [0.717, 1.165) is 0 Å². The van der Waals surface area contributed by atoms with Crippen molar-refractivity contribution in [3.8, 4) is 0 Å². The van der Waals surface area contributed by atoms with Crippen molar-refractivity contribution >= 4 is 17.2 Å². The number of hydrogen-bond donors (Lipinski definition) is 1. The normalized spacial score (nSPS) is 10.3. The molecule has 0 rings (SSSR count). The third-order valence-corrected chi connectivity index (χ3v) is 1.69. The first-order valence-corrected chi connectivity index (χ1v) is 5.95. The third-order valence-electron chi connectivity index (χ3n) is 1.29. The summed E-state index contributed by atoms with van der Waals surface area (Å²) in [5, 5.41) is 0. The summed E-state index contributed by atoms with van der Waals surface area (Å²) in [6.45, 7) is 11.7. The van der Waals surface area contributed by atoms with Crippen molar-refractivity contribution in [1.29, 1.82) is 0 Å². The molecule has 0 heterocycles. The van der Waals surface area contributed by atoms with E-state index in [1.54, 1.807) is 7.11 Å². The summed E-state index contributed by atoms with van der Waals surface area (Å²) in [7, 11) is 1.64. The highest BCUT2D eigenvalue weighted by atomic mass is 32.1. The van der Waals surface area contributed by atoms with E-state index in [2.05, 4.69) is 0 Å². The van der Waals surface area contributed by atoms with Crippen LogP contribution in [0.1, 0.15) is 34.6 Å². The highest BCUT2D eigenvalue weighted by molar-refractivity contribution is 7.80. The zero-order valence-corrected chi connectivity index (χ0v) is 11.8. The average Bonchev–Trinajstić information content (AvgIpc) is 2.29. The van der Waals surface area contributed by atoms with E-state index in [-0.39, 0.29) is 5.92 Å². The minimum absolute atomic E-state index is 0.154. The summed E-state index contributed by atoms with van der Waals surface area (Å²) < 4.78 is 10.00. The molecule has 3 nitrogen and oxygen atoms in total. The molecule has 0 aliphatic carbocycles. The molecule has 0 aromatic carbocycles. The van der Waals surface area contributed by atoms with E-state index < -0.39 is 0 Å².